The Morgan fingerprint density at radius 1 is 1.00 bits per heavy atom. The molecule has 3 nitrogen and oxygen atoms in total. The van der Waals surface area contributed by atoms with Crippen LogP contribution >= 0.6 is 0 Å². The Bertz CT molecular complexity index is 672. The molecule has 3 aromatic rings. The highest BCUT2D eigenvalue weighted by Gasteiger charge is 2.09. The van der Waals surface area contributed by atoms with E-state index in [1.165, 1.54) is 0 Å². The van der Waals surface area contributed by atoms with E-state index in [0.717, 1.165) is 27.5 Å². The Balaban J connectivity index is 2.30. The van der Waals surface area contributed by atoms with Gasteiger partial charge in [-0.3, -0.25) is 0 Å². The van der Waals surface area contributed by atoms with E-state index in [0.29, 0.717) is 6.54 Å². The second-order valence-corrected chi connectivity index (χ2v) is 4.20. The topological polar surface area (TPSA) is 65.2 Å². The van der Waals surface area contributed by atoms with E-state index in [-0.39, 0.29) is 6.04 Å². The van der Waals surface area contributed by atoms with Gasteiger partial charge in [-0.2, -0.15) is 0 Å². The zero-order valence-electron chi connectivity index (χ0n) is 9.39. The van der Waals surface area contributed by atoms with Gasteiger partial charge in [-0.1, -0.05) is 24.3 Å². The minimum atomic E-state index is -0.118. The van der Waals surface area contributed by atoms with Crippen molar-refractivity contribution in [3.8, 4) is 0 Å². The van der Waals surface area contributed by atoms with Gasteiger partial charge in [0.15, 0.2) is 0 Å². The van der Waals surface area contributed by atoms with Crippen molar-refractivity contribution < 1.29 is 4.42 Å². The number of hydrogen-bond donors (Lipinski definition) is 2. The van der Waals surface area contributed by atoms with E-state index < -0.39 is 0 Å². The van der Waals surface area contributed by atoms with Crippen LogP contribution in [0, 0.1) is 0 Å². The highest BCUT2D eigenvalue weighted by atomic mass is 16.3. The maximum Gasteiger partial charge on any atom is 0.135 e. The Morgan fingerprint density at radius 2 is 1.76 bits per heavy atom. The molecule has 86 valence electrons. The molecule has 0 fully saturated rings. The van der Waals surface area contributed by atoms with Crippen molar-refractivity contribution in [3.05, 3.63) is 48.0 Å². The lowest BCUT2D eigenvalue weighted by atomic mass is 10.0. The Labute approximate surface area is 99.0 Å². The molecule has 0 aliphatic rings. The van der Waals surface area contributed by atoms with Gasteiger partial charge in [0.25, 0.3) is 0 Å². The molecule has 2 aromatic carbocycles. The Kier molecular flexibility index (Phi) is 2.35. The molecule has 1 atom stereocenters. The molecule has 0 saturated carbocycles. The monoisotopic (exact) mass is 226 g/mol. The molecule has 0 aliphatic heterocycles. The third-order valence-corrected chi connectivity index (χ3v) is 3.08. The van der Waals surface area contributed by atoms with Crippen LogP contribution in [0.2, 0.25) is 0 Å². The Hall–Kier alpha value is -1.84. The zero-order chi connectivity index (χ0) is 11.8. The van der Waals surface area contributed by atoms with Crippen LogP contribution in [-0.4, -0.2) is 6.54 Å². The van der Waals surface area contributed by atoms with Crippen molar-refractivity contribution in [1.82, 2.24) is 0 Å². The average molecular weight is 226 g/mol. The highest BCUT2D eigenvalue weighted by Crippen LogP contribution is 2.29. The summed E-state index contributed by atoms with van der Waals surface area (Å²) in [4.78, 5) is 0. The second-order valence-electron chi connectivity index (χ2n) is 4.20. The van der Waals surface area contributed by atoms with Crippen LogP contribution in [0.25, 0.3) is 21.9 Å². The summed E-state index contributed by atoms with van der Waals surface area (Å²) in [6, 6.07) is 13.9. The van der Waals surface area contributed by atoms with E-state index in [1.807, 2.05) is 30.3 Å². The number of nitrogens with two attached hydrogens (primary N) is 2. The van der Waals surface area contributed by atoms with Gasteiger partial charge in [0.05, 0.1) is 0 Å². The molecular weight excluding hydrogens is 212 g/mol. The van der Waals surface area contributed by atoms with E-state index in [4.69, 9.17) is 15.9 Å². The van der Waals surface area contributed by atoms with E-state index in [9.17, 15) is 0 Å². The fraction of sp³-hybridized carbons (Fsp3) is 0.143. The van der Waals surface area contributed by atoms with E-state index >= 15 is 0 Å². The molecule has 0 bridgehead atoms. The second kappa shape index (κ2) is 3.87. The molecule has 0 amide bonds. The van der Waals surface area contributed by atoms with Crippen molar-refractivity contribution in [1.29, 1.82) is 0 Å². The first-order valence-electron chi connectivity index (χ1n) is 5.66. The summed E-state index contributed by atoms with van der Waals surface area (Å²) < 4.78 is 5.75. The maximum atomic E-state index is 5.94. The molecule has 17 heavy (non-hydrogen) atoms. The molecule has 3 heteroatoms. The van der Waals surface area contributed by atoms with E-state index in [1.54, 1.807) is 0 Å². The van der Waals surface area contributed by atoms with Gasteiger partial charge in [-0.15, -0.1) is 0 Å². The predicted octanol–water partition coefficient (Wildman–Crippen LogP) is 2.54. The molecule has 0 radical (unpaired) electrons. The fourth-order valence-electron chi connectivity index (χ4n) is 2.11. The lowest BCUT2D eigenvalue weighted by Gasteiger charge is -2.08. The number of rotatable bonds is 2. The summed E-state index contributed by atoms with van der Waals surface area (Å²) in [5.41, 5.74) is 14.4. The van der Waals surface area contributed by atoms with E-state index in [2.05, 4.69) is 12.1 Å². The number of fused-ring (bicyclic) bond motifs is 3. The number of para-hydroxylation sites is 1. The normalized spacial score (nSPS) is 13.3. The molecule has 1 heterocycles. The largest absolute Gasteiger partial charge is 0.456 e. The minimum absolute atomic E-state index is 0.118. The van der Waals surface area contributed by atoms with Crippen LogP contribution in [0.15, 0.2) is 46.9 Å². The smallest absolute Gasteiger partial charge is 0.135 e. The summed E-state index contributed by atoms with van der Waals surface area (Å²) >= 11 is 0. The zero-order valence-corrected chi connectivity index (χ0v) is 9.39. The minimum Gasteiger partial charge on any atom is -0.456 e. The van der Waals surface area contributed by atoms with Crippen molar-refractivity contribution in [3.63, 3.8) is 0 Å². The van der Waals surface area contributed by atoms with Crippen LogP contribution in [0.5, 0.6) is 0 Å². The van der Waals surface area contributed by atoms with Crippen molar-refractivity contribution in [2.45, 2.75) is 6.04 Å². The third kappa shape index (κ3) is 1.60. The van der Waals surface area contributed by atoms with Gasteiger partial charge in [0.1, 0.15) is 11.2 Å². The molecule has 0 saturated heterocycles. The number of benzene rings is 2. The number of hydrogen-bond acceptors (Lipinski definition) is 3. The Morgan fingerprint density at radius 3 is 2.59 bits per heavy atom. The lowest BCUT2D eigenvalue weighted by molar-refractivity contribution is 0.668. The number of furan rings is 1. The fourth-order valence-corrected chi connectivity index (χ4v) is 2.11. The summed E-state index contributed by atoms with van der Waals surface area (Å²) in [6.45, 7) is 0.446. The molecule has 0 aliphatic carbocycles. The van der Waals surface area contributed by atoms with Gasteiger partial charge < -0.3 is 15.9 Å². The van der Waals surface area contributed by atoms with Crippen LogP contribution in [-0.2, 0) is 0 Å². The first-order chi connectivity index (χ1) is 8.29. The van der Waals surface area contributed by atoms with Gasteiger partial charge in [-0.25, -0.2) is 0 Å². The predicted molar refractivity (Wildman–Crippen MR) is 69.7 cm³/mol. The van der Waals surface area contributed by atoms with Gasteiger partial charge in [0, 0.05) is 23.4 Å². The first kappa shape index (κ1) is 10.3. The maximum absolute atomic E-state index is 5.94. The van der Waals surface area contributed by atoms with Crippen LogP contribution in [0.3, 0.4) is 0 Å². The SMILES string of the molecule is NCC(N)c1ccc2oc3ccccc3c2c1. The summed E-state index contributed by atoms with van der Waals surface area (Å²) in [7, 11) is 0. The molecule has 1 aromatic heterocycles. The van der Waals surface area contributed by atoms with Crippen LogP contribution in [0.4, 0.5) is 0 Å². The molecule has 1 unspecified atom stereocenters. The molecule has 3 rings (SSSR count). The summed E-state index contributed by atoms with van der Waals surface area (Å²) in [5, 5.41) is 2.22. The standard InChI is InChI=1S/C14H14N2O/c15-8-12(16)9-5-6-14-11(7-9)10-3-1-2-4-13(10)17-14/h1-7,12H,8,15-16H2. The molecule has 4 N–H and O–H groups in total. The summed E-state index contributed by atoms with van der Waals surface area (Å²) in [6.07, 6.45) is 0. The van der Waals surface area contributed by atoms with Gasteiger partial charge in [0.2, 0.25) is 0 Å². The van der Waals surface area contributed by atoms with Gasteiger partial charge >= 0.3 is 0 Å². The van der Waals surface area contributed by atoms with Crippen LogP contribution < -0.4 is 11.5 Å². The quantitative estimate of drug-likeness (QED) is 0.705. The van der Waals surface area contributed by atoms with Crippen molar-refractivity contribution in [2.75, 3.05) is 6.54 Å². The van der Waals surface area contributed by atoms with Crippen molar-refractivity contribution in [2.24, 2.45) is 11.5 Å². The first-order valence-corrected chi connectivity index (χ1v) is 5.66. The average Bonchev–Trinajstić information content (AvgIpc) is 2.75. The third-order valence-electron chi connectivity index (χ3n) is 3.08. The molecule has 0 spiro atoms. The van der Waals surface area contributed by atoms with Gasteiger partial charge in [-0.05, 0) is 23.8 Å². The lowest BCUT2D eigenvalue weighted by Crippen LogP contribution is -2.20. The summed E-state index contributed by atoms with van der Waals surface area (Å²) in [5.74, 6) is 0. The van der Waals surface area contributed by atoms with Crippen molar-refractivity contribution >= 4 is 21.9 Å². The molecular formula is C14H14N2O. The van der Waals surface area contributed by atoms with Crippen LogP contribution in [0.1, 0.15) is 11.6 Å². The highest BCUT2D eigenvalue weighted by molar-refractivity contribution is 6.04.